The van der Waals surface area contributed by atoms with Gasteiger partial charge in [-0.3, -0.25) is 4.90 Å². The van der Waals surface area contributed by atoms with E-state index in [-0.39, 0.29) is 28.4 Å². The molecule has 2 aliphatic heterocycles. The first kappa shape index (κ1) is 41.7. The van der Waals surface area contributed by atoms with Crippen molar-refractivity contribution in [3.05, 3.63) is 142 Å². The second-order valence-corrected chi connectivity index (χ2v) is 24.0. The third-order valence-electron chi connectivity index (χ3n) is 14.2. The van der Waals surface area contributed by atoms with Crippen LogP contribution >= 0.6 is 11.3 Å². The molecule has 10 rings (SSSR count). The summed E-state index contributed by atoms with van der Waals surface area (Å²) in [5, 5.41) is 1.30. The van der Waals surface area contributed by atoms with Gasteiger partial charge in [0.05, 0.1) is 5.69 Å². The van der Waals surface area contributed by atoms with Crippen molar-refractivity contribution in [2.75, 3.05) is 9.80 Å². The third-order valence-corrected chi connectivity index (χ3v) is 15.4. The number of aryl methyl sites for hydroxylation is 2. The fourth-order valence-electron chi connectivity index (χ4n) is 10.4. The maximum atomic E-state index is 7.40. The number of fused-ring (bicyclic) bond motifs is 7. The van der Waals surface area contributed by atoms with Crippen molar-refractivity contribution in [2.24, 2.45) is 11.3 Å². The van der Waals surface area contributed by atoms with Gasteiger partial charge in [-0.2, -0.15) is 0 Å². The molecule has 0 fully saturated rings. The number of anilines is 6. The number of nitrogens with zero attached hydrogens (tertiary/aromatic N) is 2. The summed E-state index contributed by atoms with van der Waals surface area (Å²) >= 11 is 1.88. The molecule has 0 saturated heterocycles. The second kappa shape index (κ2) is 14.1. The van der Waals surface area contributed by atoms with Crippen molar-refractivity contribution in [1.29, 1.82) is 0 Å². The molecule has 0 radical (unpaired) electrons. The quantitative estimate of drug-likeness (QED) is 0.165. The van der Waals surface area contributed by atoms with Gasteiger partial charge in [-0.05, 0) is 169 Å². The lowest BCUT2D eigenvalue weighted by molar-refractivity contribution is 0.289. The fourth-order valence-corrected chi connectivity index (χ4v) is 11.5. The third kappa shape index (κ3) is 6.83. The Kier molecular flexibility index (Phi) is 9.36. The molecule has 63 heavy (non-hydrogen) atoms. The highest BCUT2D eigenvalue weighted by Crippen LogP contribution is 2.51. The van der Waals surface area contributed by atoms with Crippen LogP contribution < -0.4 is 26.2 Å². The maximum absolute atomic E-state index is 7.40. The van der Waals surface area contributed by atoms with E-state index < -0.39 is 0 Å². The molecule has 4 heterocycles. The predicted octanol–water partition coefficient (Wildman–Crippen LogP) is 15.0. The van der Waals surface area contributed by atoms with Crippen molar-refractivity contribution in [3.63, 3.8) is 0 Å². The highest BCUT2D eigenvalue weighted by molar-refractivity contribution is 7.22. The van der Waals surface area contributed by atoms with Gasteiger partial charge in [0.25, 0.3) is 6.71 Å². The zero-order valence-corrected chi connectivity index (χ0v) is 40.8. The van der Waals surface area contributed by atoms with E-state index in [0.717, 1.165) is 18.1 Å². The van der Waals surface area contributed by atoms with Gasteiger partial charge in [-0.1, -0.05) is 132 Å². The van der Waals surface area contributed by atoms with Crippen LogP contribution in [-0.2, 0) is 22.7 Å². The number of benzene rings is 5. The Morgan fingerprint density at radius 2 is 1.24 bits per heavy atom. The number of allylic oxidation sites excluding steroid dienone is 1. The van der Waals surface area contributed by atoms with Gasteiger partial charge in [-0.25, -0.2) is 0 Å². The molecule has 7 aromatic rings. The molecule has 1 unspecified atom stereocenters. The van der Waals surface area contributed by atoms with Crippen LogP contribution in [0.4, 0.5) is 34.3 Å². The first-order chi connectivity index (χ1) is 29.6. The molecule has 5 aromatic carbocycles. The van der Waals surface area contributed by atoms with Gasteiger partial charge < -0.3 is 9.32 Å². The summed E-state index contributed by atoms with van der Waals surface area (Å²) in [5.74, 6) is 2.35. The molecule has 0 spiro atoms. The SMILES string of the molecule is Cc1cc(-c2cc3ccccc3s2)cc(C)c1N1c2cc(C(C)(C)C)cc3c2B(c2cc(C(C)(C)C)ccc2N3c2ccc(C(C)(C)C)cc2)c2c1oc1c2CC(C(C)(C)C)C=C1. The Morgan fingerprint density at radius 3 is 1.86 bits per heavy atom. The van der Waals surface area contributed by atoms with E-state index in [1.54, 1.807) is 0 Å². The van der Waals surface area contributed by atoms with E-state index >= 15 is 0 Å². The summed E-state index contributed by atoms with van der Waals surface area (Å²) < 4.78 is 8.72. The topological polar surface area (TPSA) is 19.6 Å². The minimum absolute atomic E-state index is 0.0179. The lowest BCUT2D eigenvalue weighted by atomic mass is 9.33. The normalized spacial score (nSPS) is 16.0. The van der Waals surface area contributed by atoms with Crippen LogP contribution in [0.1, 0.15) is 122 Å². The van der Waals surface area contributed by atoms with Crippen LogP contribution in [0.3, 0.4) is 0 Å². The van der Waals surface area contributed by atoms with Crippen molar-refractivity contribution in [3.8, 4) is 10.4 Å². The number of hydrogen-bond donors (Lipinski definition) is 0. The van der Waals surface area contributed by atoms with Crippen LogP contribution in [0.5, 0.6) is 0 Å². The standard InChI is InChI=1S/C58H63BN2OS/c1-34-27-37(50-29-36-17-15-16-18-49(36)63-50)28-35(2)53(34)61-47-33-41(58(12,13)14)32-46-52(47)59(51-43-30-39(56(6,7)8)22-26-48(43)62-54(51)61)44-31-40(57(9,10)11)21-25-45(44)60(46)42-23-19-38(20-24-42)55(3,4)5/h15-29,31-33,39H,30H2,1-14H3. The molecule has 1 atom stereocenters. The molecule has 1 aliphatic carbocycles. The number of furan rings is 1. The molecule has 0 amide bonds. The average Bonchev–Trinajstić information content (AvgIpc) is 3.82. The lowest BCUT2D eigenvalue weighted by Gasteiger charge is -2.44. The summed E-state index contributed by atoms with van der Waals surface area (Å²) in [6.07, 6.45) is 5.64. The Hall–Kier alpha value is -5.26. The summed E-state index contributed by atoms with van der Waals surface area (Å²) in [6, 6.07) is 37.6. The molecule has 2 aromatic heterocycles. The van der Waals surface area contributed by atoms with E-state index in [4.69, 9.17) is 4.42 Å². The Morgan fingerprint density at radius 1 is 0.619 bits per heavy atom. The molecule has 320 valence electrons. The second-order valence-electron chi connectivity index (χ2n) is 22.9. The first-order valence-corrected chi connectivity index (χ1v) is 23.9. The first-order valence-electron chi connectivity index (χ1n) is 23.1. The predicted molar refractivity (Wildman–Crippen MR) is 275 cm³/mol. The van der Waals surface area contributed by atoms with E-state index in [1.807, 2.05) is 11.3 Å². The van der Waals surface area contributed by atoms with Crippen LogP contribution in [0.25, 0.3) is 26.6 Å². The molecule has 0 N–H and O–H groups in total. The molecule has 3 aliphatic rings. The van der Waals surface area contributed by atoms with Gasteiger partial charge in [0.15, 0.2) is 0 Å². The van der Waals surface area contributed by atoms with E-state index in [1.165, 1.54) is 98.7 Å². The minimum atomic E-state index is -0.120. The molecule has 5 heteroatoms. The van der Waals surface area contributed by atoms with Gasteiger partial charge >= 0.3 is 0 Å². The van der Waals surface area contributed by atoms with E-state index in [0.29, 0.717) is 5.92 Å². The average molecular weight is 847 g/mol. The Bertz CT molecular complexity index is 2950. The number of thiophene rings is 1. The molecule has 0 bridgehead atoms. The molecule has 3 nitrogen and oxygen atoms in total. The van der Waals surface area contributed by atoms with E-state index in [2.05, 4.69) is 216 Å². The van der Waals surface area contributed by atoms with Crippen LogP contribution in [0.2, 0.25) is 0 Å². The minimum Gasteiger partial charge on any atom is -0.441 e. The van der Waals surface area contributed by atoms with Crippen molar-refractivity contribution in [2.45, 2.75) is 120 Å². The summed E-state index contributed by atoms with van der Waals surface area (Å²) in [6.45, 7) is 32.7. The van der Waals surface area contributed by atoms with Crippen molar-refractivity contribution < 1.29 is 4.42 Å². The molecular weight excluding hydrogens is 784 g/mol. The maximum Gasteiger partial charge on any atom is 0.256 e. The van der Waals surface area contributed by atoms with Gasteiger partial charge in [0.2, 0.25) is 5.88 Å². The summed E-state index contributed by atoms with van der Waals surface area (Å²) in [7, 11) is 0. The van der Waals surface area contributed by atoms with E-state index in [9.17, 15) is 0 Å². The van der Waals surface area contributed by atoms with Crippen LogP contribution in [0.15, 0.2) is 108 Å². The van der Waals surface area contributed by atoms with Crippen LogP contribution in [-0.4, -0.2) is 6.71 Å². The largest absolute Gasteiger partial charge is 0.441 e. The highest BCUT2D eigenvalue weighted by atomic mass is 32.1. The number of rotatable bonds is 3. The lowest BCUT2D eigenvalue weighted by Crippen LogP contribution is -2.62. The van der Waals surface area contributed by atoms with Crippen LogP contribution in [0, 0.1) is 25.2 Å². The smallest absolute Gasteiger partial charge is 0.256 e. The molecular formula is C58H63BN2OS. The zero-order chi connectivity index (χ0) is 44.7. The fraction of sp³-hybridized carbons (Fsp3) is 0.345. The highest BCUT2D eigenvalue weighted by Gasteiger charge is 2.49. The van der Waals surface area contributed by atoms with Gasteiger partial charge in [0, 0.05) is 32.3 Å². The summed E-state index contributed by atoms with van der Waals surface area (Å²) in [5.41, 5.74) is 19.2. The number of hydrogen-bond acceptors (Lipinski definition) is 4. The Labute approximate surface area is 380 Å². The van der Waals surface area contributed by atoms with Crippen molar-refractivity contribution in [1.82, 2.24) is 0 Å². The molecule has 0 saturated carbocycles. The van der Waals surface area contributed by atoms with Gasteiger partial charge in [-0.15, -0.1) is 11.3 Å². The zero-order valence-electron chi connectivity index (χ0n) is 40.0. The monoisotopic (exact) mass is 846 g/mol. The van der Waals surface area contributed by atoms with Crippen molar-refractivity contribution >= 4 is 84.9 Å². The summed E-state index contributed by atoms with van der Waals surface area (Å²) in [4.78, 5) is 6.42. The Balaban J connectivity index is 1.30. The van der Waals surface area contributed by atoms with Gasteiger partial charge in [0.1, 0.15) is 5.76 Å².